The molecule has 3 saturated heterocycles. The number of rotatable bonds is 54. The third kappa shape index (κ3) is 33.2. The Kier molecular flexibility index (Phi) is 46.9. The summed E-state index contributed by atoms with van der Waals surface area (Å²) in [6.45, 7) is 1.73. The fourth-order valence-corrected chi connectivity index (χ4v) is 11.9. The molecular formula is C69H127NO18. The first kappa shape index (κ1) is 80.2. The molecule has 17 atom stereocenters. The van der Waals surface area contributed by atoms with E-state index in [1.807, 2.05) is 6.08 Å². The predicted octanol–water partition coefficient (Wildman–Crippen LogP) is 9.22. The smallest absolute Gasteiger partial charge is 0.220 e. The fourth-order valence-electron chi connectivity index (χ4n) is 11.9. The maximum Gasteiger partial charge on any atom is 0.220 e. The van der Waals surface area contributed by atoms with Crippen molar-refractivity contribution in [1.29, 1.82) is 0 Å². The van der Waals surface area contributed by atoms with Crippen LogP contribution in [-0.4, -0.2) is 193 Å². The number of carbonyl (C=O) groups excluding carboxylic acids is 1. The topological polar surface area (TPSA) is 307 Å². The van der Waals surface area contributed by atoms with E-state index in [-0.39, 0.29) is 18.9 Å². The highest BCUT2D eigenvalue weighted by Gasteiger charge is 2.53. The highest BCUT2D eigenvalue weighted by Crippen LogP contribution is 2.33. The normalized spacial score (nSPS) is 28.6. The van der Waals surface area contributed by atoms with Crippen LogP contribution in [0.25, 0.3) is 0 Å². The lowest BCUT2D eigenvalue weighted by atomic mass is 9.96. The van der Waals surface area contributed by atoms with Crippen LogP contribution < -0.4 is 5.32 Å². The van der Waals surface area contributed by atoms with Crippen LogP contribution in [0.2, 0.25) is 0 Å². The zero-order valence-electron chi connectivity index (χ0n) is 54.5. The number of aliphatic hydroxyl groups excluding tert-OH is 11. The number of amides is 1. The third-order valence-electron chi connectivity index (χ3n) is 17.7. The molecule has 3 rings (SSSR count). The van der Waals surface area contributed by atoms with Crippen molar-refractivity contribution in [3.63, 3.8) is 0 Å². The quantitative estimate of drug-likeness (QED) is 0.0199. The lowest BCUT2D eigenvalue weighted by molar-refractivity contribution is -0.379. The van der Waals surface area contributed by atoms with E-state index < -0.39 is 124 Å². The van der Waals surface area contributed by atoms with Gasteiger partial charge in [-0.25, -0.2) is 0 Å². The summed E-state index contributed by atoms with van der Waals surface area (Å²) >= 11 is 0. The second-order valence-corrected chi connectivity index (χ2v) is 25.3. The Morgan fingerprint density at radius 2 is 0.727 bits per heavy atom. The molecule has 12 N–H and O–H groups in total. The van der Waals surface area contributed by atoms with Crippen molar-refractivity contribution in [2.24, 2.45) is 0 Å². The van der Waals surface area contributed by atoms with E-state index in [2.05, 4.69) is 43.5 Å². The minimum atomic E-state index is -1.98. The summed E-state index contributed by atoms with van der Waals surface area (Å²) in [5.41, 5.74) is 0. The zero-order valence-corrected chi connectivity index (χ0v) is 54.5. The van der Waals surface area contributed by atoms with Gasteiger partial charge < -0.3 is 89.9 Å². The molecule has 19 nitrogen and oxygen atoms in total. The molecule has 0 aromatic rings. The molecule has 3 aliphatic rings. The Balaban J connectivity index is 1.45. The van der Waals surface area contributed by atoms with Gasteiger partial charge in [0.25, 0.3) is 0 Å². The van der Waals surface area contributed by atoms with Crippen LogP contribution in [0, 0.1) is 0 Å². The molecular weight excluding hydrogens is 1130 g/mol. The van der Waals surface area contributed by atoms with E-state index in [0.717, 1.165) is 44.9 Å². The third-order valence-corrected chi connectivity index (χ3v) is 17.7. The van der Waals surface area contributed by atoms with Crippen molar-refractivity contribution >= 4 is 5.91 Å². The molecule has 0 aliphatic carbocycles. The van der Waals surface area contributed by atoms with E-state index in [0.29, 0.717) is 12.8 Å². The van der Waals surface area contributed by atoms with E-state index >= 15 is 0 Å². The number of ether oxygens (including phenoxy) is 6. The van der Waals surface area contributed by atoms with Gasteiger partial charge in [-0.15, -0.1) is 0 Å². The summed E-state index contributed by atoms with van der Waals surface area (Å²) in [6.07, 6.45) is 32.7. The van der Waals surface area contributed by atoms with Crippen LogP contribution in [0.3, 0.4) is 0 Å². The summed E-state index contributed by atoms with van der Waals surface area (Å²) in [4.78, 5) is 13.4. The van der Waals surface area contributed by atoms with E-state index in [9.17, 15) is 61.0 Å². The van der Waals surface area contributed by atoms with Gasteiger partial charge in [0.1, 0.15) is 73.2 Å². The van der Waals surface area contributed by atoms with Gasteiger partial charge in [0.05, 0.1) is 38.6 Å². The first-order chi connectivity index (χ1) is 42.8. The van der Waals surface area contributed by atoms with Crippen molar-refractivity contribution in [3.05, 3.63) is 36.5 Å². The number of unbranched alkanes of at least 4 members (excludes halogenated alkanes) is 34. The Bertz CT molecular complexity index is 1740. The standard InChI is InChI=1S/C69H127NO18/c1-3-5-7-9-11-13-15-17-19-21-23-25-26-27-29-31-33-35-37-39-41-43-45-47-57(75)70-52(53(74)46-44-42-40-38-36-34-32-30-28-24-22-20-18-16-14-12-10-8-6-4-2)51-83-67-63(81)60(78)65(55(49-72)85-67)88-69-64(82)61(79)66(56(50-73)86-69)87-68-62(80)59(77)58(76)54(48-71)84-68/h28,30,36,38,44,46,52-56,58-69,71-74,76-82H,3-27,29,31-35,37,39-43,45,47-51H2,1-2H3,(H,70,75)/b30-28+,38-36+,46-44+. The van der Waals surface area contributed by atoms with Gasteiger partial charge in [-0.2, -0.15) is 0 Å². The summed E-state index contributed by atoms with van der Waals surface area (Å²) in [7, 11) is 0. The van der Waals surface area contributed by atoms with Gasteiger partial charge in [-0.3, -0.25) is 4.79 Å². The highest BCUT2D eigenvalue weighted by molar-refractivity contribution is 5.76. The summed E-state index contributed by atoms with van der Waals surface area (Å²) < 4.78 is 34.3. The summed E-state index contributed by atoms with van der Waals surface area (Å²) in [6, 6.07) is -0.994. The number of carbonyl (C=O) groups is 1. The predicted molar refractivity (Wildman–Crippen MR) is 342 cm³/mol. The lowest BCUT2D eigenvalue weighted by Gasteiger charge is -2.48. The Labute approximate surface area is 530 Å². The van der Waals surface area contributed by atoms with E-state index in [1.54, 1.807) is 6.08 Å². The number of aliphatic hydroxyl groups is 11. The number of hydrogen-bond acceptors (Lipinski definition) is 18. The molecule has 0 saturated carbocycles. The van der Waals surface area contributed by atoms with Crippen LogP contribution in [-0.2, 0) is 33.2 Å². The summed E-state index contributed by atoms with van der Waals surface area (Å²) in [5.74, 6) is -0.285. The maximum absolute atomic E-state index is 13.4. The largest absolute Gasteiger partial charge is 0.394 e. The van der Waals surface area contributed by atoms with Crippen LogP contribution in [0.5, 0.6) is 0 Å². The van der Waals surface area contributed by atoms with Gasteiger partial charge in [-0.1, -0.05) is 249 Å². The molecule has 17 unspecified atom stereocenters. The average molecular weight is 1260 g/mol. The SMILES string of the molecule is CCCCCCCCCCCC/C=C/CC/C=C/CC/C=C/C(O)C(COC1OC(CO)C(OC2OC(CO)C(OC3OC(CO)C(O)C(O)C3O)C(O)C2O)C(O)C1O)NC(=O)CCCCCCCCCCCCCCCCCCCCCCCCC. The minimum Gasteiger partial charge on any atom is -0.394 e. The number of nitrogens with one attached hydrogen (secondary N) is 1. The van der Waals surface area contributed by atoms with Gasteiger partial charge in [0.2, 0.25) is 5.91 Å². The van der Waals surface area contributed by atoms with Gasteiger partial charge in [0, 0.05) is 6.42 Å². The molecule has 0 radical (unpaired) electrons. The molecule has 0 aromatic heterocycles. The zero-order chi connectivity index (χ0) is 64.0. The minimum absolute atomic E-state index is 0.236. The molecule has 3 heterocycles. The Morgan fingerprint density at radius 3 is 1.14 bits per heavy atom. The molecule has 19 heteroatoms. The monoisotopic (exact) mass is 1260 g/mol. The van der Waals surface area contributed by atoms with Crippen LogP contribution in [0.4, 0.5) is 0 Å². The molecule has 516 valence electrons. The molecule has 0 aromatic carbocycles. The van der Waals surface area contributed by atoms with Gasteiger partial charge in [-0.05, 0) is 44.9 Å². The van der Waals surface area contributed by atoms with Crippen molar-refractivity contribution in [1.82, 2.24) is 5.32 Å². The first-order valence-corrected chi connectivity index (χ1v) is 35.2. The molecule has 0 bridgehead atoms. The Morgan fingerprint density at radius 1 is 0.398 bits per heavy atom. The molecule has 88 heavy (non-hydrogen) atoms. The van der Waals surface area contributed by atoms with E-state index in [4.69, 9.17) is 28.4 Å². The van der Waals surface area contributed by atoms with Gasteiger partial charge >= 0.3 is 0 Å². The van der Waals surface area contributed by atoms with Crippen LogP contribution in [0.15, 0.2) is 36.5 Å². The van der Waals surface area contributed by atoms with Crippen molar-refractivity contribution in [2.45, 2.75) is 369 Å². The molecule has 0 spiro atoms. The average Bonchev–Trinajstić information content (AvgIpc) is 1.61. The van der Waals surface area contributed by atoms with Gasteiger partial charge in [0.15, 0.2) is 18.9 Å². The lowest BCUT2D eigenvalue weighted by Crippen LogP contribution is -2.66. The highest BCUT2D eigenvalue weighted by atomic mass is 16.8. The Hall–Kier alpha value is -1.99. The maximum atomic E-state index is 13.4. The summed E-state index contributed by atoms with van der Waals surface area (Å²) in [5, 5.41) is 120. The van der Waals surface area contributed by atoms with Crippen LogP contribution >= 0.6 is 0 Å². The van der Waals surface area contributed by atoms with Crippen molar-refractivity contribution in [3.8, 4) is 0 Å². The number of allylic oxidation sites excluding steroid dienone is 5. The van der Waals surface area contributed by atoms with Crippen molar-refractivity contribution in [2.75, 3.05) is 26.4 Å². The second-order valence-electron chi connectivity index (χ2n) is 25.3. The van der Waals surface area contributed by atoms with Crippen molar-refractivity contribution < 1.29 is 89.4 Å². The second kappa shape index (κ2) is 51.4. The fraction of sp³-hybridized carbons (Fsp3) is 0.899. The van der Waals surface area contributed by atoms with E-state index in [1.165, 1.54) is 186 Å². The molecule has 3 fully saturated rings. The van der Waals surface area contributed by atoms with Crippen LogP contribution in [0.1, 0.15) is 264 Å². The molecule has 3 aliphatic heterocycles. The molecule has 1 amide bonds. The first-order valence-electron chi connectivity index (χ1n) is 35.2. The number of hydrogen-bond donors (Lipinski definition) is 12.